The fourth-order valence-electron chi connectivity index (χ4n) is 1.68. The number of carboxylic acids is 1. The summed E-state index contributed by atoms with van der Waals surface area (Å²) < 4.78 is 6.06. The number of morpholine rings is 1. The van der Waals surface area contributed by atoms with Gasteiger partial charge in [-0.25, -0.2) is 4.79 Å². The Morgan fingerprint density at radius 3 is 3.00 bits per heavy atom. The molecule has 0 bridgehead atoms. The third-order valence-electron chi connectivity index (χ3n) is 2.66. The topological polar surface area (TPSA) is 66.8 Å². The van der Waals surface area contributed by atoms with Crippen LogP contribution in [0.15, 0.2) is 21.3 Å². The fourth-order valence-corrected chi connectivity index (χ4v) is 2.83. The number of hydrogen-bond acceptors (Lipinski definition) is 4. The molecule has 1 N–H and O–H groups in total. The summed E-state index contributed by atoms with van der Waals surface area (Å²) in [5, 5.41) is 10.8. The molecule has 5 nitrogen and oxygen atoms in total. The minimum atomic E-state index is -1.04. The largest absolute Gasteiger partial charge is 0.479 e. The Morgan fingerprint density at radius 1 is 1.58 bits per heavy atom. The molecule has 0 aromatic carbocycles. The van der Waals surface area contributed by atoms with Crippen LogP contribution in [-0.4, -0.2) is 47.7 Å². The molecule has 1 aromatic heterocycles. The van der Waals surface area contributed by atoms with Crippen LogP contribution in [0, 0.1) is 0 Å². The number of carbonyl (C=O) groups is 2. The van der Waals surface area contributed by atoms with Crippen LogP contribution in [0.1, 0.15) is 5.56 Å². The number of ether oxygens (including phenoxy) is 1. The molecule has 102 valence electrons. The van der Waals surface area contributed by atoms with Crippen LogP contribution in [-0.2, 0) is 14.3 Å². The smallest absolute Gasteiger partial charge is 0.334 e. The number of hydrogen-bond donors (Lipinski definition) is 1. The molecule has 0 aliphatic carbocycles. The zero-order chi connectivity index (χ0) is 13.8. The molecule has 2 rings (SSSR count). The van der Waals surface area contributed by atoms with Crippen molar-refractivity contribution in [2.24, 2.45) is 0 Å². The molecule has 0 radical (unpaired) electrons. The van der Waals surface area contributed by atoms with E-state index in [0.29, 0.717) is 6.54 Å². The van der Waals surface area contributed by atoms with E-state index in [-0.39, 0.29) is 19.1 Å². The zero-order valence-corrected chi connectivity index (χ0v) is 12.3. The Kier molecular flexibility index (Phi) is 4.73. The second-order valence-corrected chi connectivity index (χ2v) is 6.29. The predicted molar refractivity (Wildman–Crippen MR) is 75.0 cm³/mol. The van der Waals surface area contributed by atoms with Crippen LogP contribution in [0.5, 0.6) is 0 Å². The summed E-state index contributed by atoms with van der Waals surface area (Å²) in [4.78, 5) is 24.2. The first-order valence-corrected chi connectivity index (χ1v) is 7.29. The highest BCUT2D eigenvalue weighted by Crippen LogP contribution is 2.21. The van der Waals surface area contributed by atoms with Crippen molar-refractivity contribution in [1.82, 2.24) is 4.90 Å². The van der Waals surface area contributed by atoms with Crippen LogP contribution >= 0.6 is 27.3 Å². The lowest BCUT2D eigenvalue weighted by Crippen LogP contribution is -2.48. The first kappa shape index (κ1) is 14.2. The molecule has 1 aromatic rings. The van der Waals surface area contributed by atoms with Crippen LogP contribution < -0.4 is 0 Å². The molecule has 1 saturated heterocycles. The van der Waals surface area contributed by atoms with Gasteiger partial charge in [-0.15, -0.1) is 11.3 Å². The second-order valence-electron chi connectivity index (χ2n) is 4.00. The Labute approximate surface area is 122 Å². The monoisotopic (exact) mass is 345 g/mol. The zero-order valence-electron chi connectivity index (χ0n) is 9.91. The van der Waals surface area contributed by atoms with Crippen molar-refractivity contribution >= 4 is 45.2 Å². The third-order valence-corrected chi connectivity index (χ3v) is 4.18. The van der Waals surface area contributed by atoms with E-state index >= 15 is 0 Å². The molecular weight excluding hydrogens is 334 g/mol. The predicted octanol–water partition coefficient (Wildman–Crippen LogP) is 1.84. The van der Waals surface area contributed by atoms with Crippen LogP contribution in [0.3, 0.4) is 0 Å². The minimum Gasteiger partial charge on any atom is -0.479 e. The van der Waals surface area contributed by atoms with Crippen molar-refractivity contribution in [3.05, 3.63) is 26.9 Å². The van der Waals surface area contributed by atoms with E-state index < -0.39 is 12.1 Å². The number of thiophene rings is 1. The highest BCUT2D eigenvalue weighted by molar-refractivity contribution is 9.11. The molecule has 0 saturated carbocycles. The van der Waals surface area contributed by atoms with Crippen molar-refractivity contribution in [3.8, 4) is 0 Å². The van der Waals surface area contributed by atoms with E-state index in [1.165, 1.54) is 22.3 Å². The number of amides is 1. The average molecular weight is 346 g/mol. The highest BCUT2D eigenvalue weighted by Gasteiger charge is 2.27. The van der Waals surface area contributed by atoms with Crippen LogP contribution in [0.25, 0.3) is 6.08 Å². The summed E-state index contributed by atoms with van der Waals surface area (Å²) in [6, 6.07) is 1.91. The molecule has 0 spiro atoms. The maximum absolute atomic E-state index is 11.9. The molecule has 1 aliphatic heterocycles. The van der Waals surface area contributed by atoms with Gasteiger partial charge in [0.05, 0.1) is 16.9 Å². The maximum Gasteiger partial charge on any atom is 0.334 e. The molecule has 2 heterocycles. The van der Waals surface area contributed by atoms with Gasteiger partial charge >= 0.3 is 5.97 Å². The summed E-state index contributed by atoms with van der Waals surface area (Å²) in [7, 11) is 0. The Balaban J connectivity index is 1.96. The number of halogens is 1. The first-order valence-electron chi connectivity index (χ1n) is 5.61. The fraction of sp³-hybridized carbons (Fsp3) is 0.333. The van der Waals surface area contributed by atoms with Gasteiger partial charge in [-0.1, -0.05) is 0 Å². The van der Waals surface area contributed by atoms with Gasteiger partial charge in [0.15, 0.2) is 6.10 Å². The van der Waals surface area contributed by atoms with E-state index in [4.69, 9.17) is 9.84 Å². The summed E-state index contributed by atoms with van der Waals surface area (Å²) in [5.74, 6) is -1.24. The van der Waals surface area contributed by atoms with Crippen molar-refractivity contribution in [2.45, 2.75) is 6.10 Å². The summed E-state index contributed by atoms with van der Waals surface area (Å²) in [6.07, 6.45) is 2.24. The van der Waals surface area contributed by atoms with Crippen molar-refractivity contribution < 1.29 is 19.4 Å². The van der Waals surface area contributed by atoms with E-state index in [1.54, 1.807) is 6.08 Å². The Morgan fingerprint density at radius 2 is 2.37 bits per heavy atom. The molecule has 1 amide bonds. The second kappa shape index (κ2) is 6.31. The Hall–Kier alpha value is -1.18. The van der Waals surface area contributed by atoms with Gasteiger partial charge in [0.25, 0.3) is 0 Å². The molecule has 1 unspecified atom stereocenters. The van der Waals surface area contributed by atoms with Gasteiger partial charge in [-0.3, -0.25) is 4.79 Å². The number of carboxylic acid groups (broad SMARTS) is 1. The molecule has 1 aliphatic rings. The molecule has 19 heavy (non-hydrogen) atoms. The van der Waals surface area contributed by atoms with Gasteiger partial charge in [0, 0.05) is 12.6 Å². The average Bonchev–Trinajstić information content (AvgIpc) is 2.82. The molecule has 1 atom stereocenters. The number of nitrogens with zero attached hydrogens (tertiary/aromatic N) is 1. The van der Waals surface area contributed by atoms with Crippen molar-refractivity contribution in [3.63, 3.8) is 0 Å². The minimum absolute atomic E-state index is 0.0891. The Bertz CT molecular complexity index is 514. The lowest BCUT2D eigenvalue weighted by atomic mass is 10.2. The van der Waals surface area contributed by atoms with Crippen LogP contribution in [0.2, 0.25) is 0 Å². The van der Waals surface area contributed by atoms with Gasteiger partial charge < -0.3 is 14.7 Å². The van der Waals surface area contributed by atoms with Gasteiger partial charge in [-0.2, -0.15) is 0 Å². The van der Waals surface area contributed by atoms with E-state index in [2.05, 4.69) is 15.9 Å². The number of aliphatic carboxylic acids is 1. The third kappa shape index (κ3) is 3.89. The van der Waals surface area contributed by atoms with E-state index in [9.17, 15) is 9.59 Å². The van der Waals surface area contributed by atoms with Gasteiger partial charge in [0.1, 0.15) is 0 Å². The van der Waals surface area contributed by atoms with Gasteiger partial charge in [-0.05, 0) is 39.0 Å². The summed E-state index contributed by atoms with van der Waals surface area (Å²) in [5.41, 5.74) is 0.938. The molecule has 7 heteroatoms. The summed E-state index contributed by atoms with van der Waals surface area (Å²) >= 11 is 4.89. The number of carbonyl (C=O) groups excluding carboxylic acids is 1. The SMILES string of the molecule is O=C(O)C1CN(C(=O)C=Cc2csc(Br)c2)CCO1. The highest BCUT2D eigenvalue weighted by atomic mass is 79.9. The van der Waals surface area contributed by atoms with Gasteiger partial charge in [0.2, 0.25) is 5.91 Å². The quantitative estimate of drug-likeness (QED) is 0.848. The first-order chi connectivity index (χ1) is 9.06. The van der Waals surface area contributed by atoms with E-state index in [0.717, 1.165) is 9.35 Å². The maximum atomic E-state index is 11.9. The standard InChI is InChI=1S/C12H12BrNO4S/c13-10-5-8(7-19-10)1-2-11(15)14-3-4-18-9(6-14)12(16)17/h1-2,5,7,9H,3-4,6H2,(H,16,17). The molecule has 1 fully saturated rings. The normalized spacial score (nSPS) is 19.8. The summed E-state index contributed by atoms with van der Waals surface area (Å²) in [6.45, 7) is 0.757. The lowest BCUT2D eigenvalue weighted by Gasteiger charge is -2.30. The van der Waals surface area contributed by atoms with Crippen molar-refractivity contribution in [1.29, 1.82) is 0 Å². The van der Waals surface area contributed by atoms with E-state index in [1.807, 2.05) is 11.4 Å². The van der Waals surface area contributed by atoms with Crippen LogP contribution in [0.4, 0.5) is 0 Å². The number of rotatable bonds is 3. The van der Waals surface area contributed by atoms with Crippen molar-refractivity contribution in [2.75, 3.05) is 19.7 Å². The molecular formula is C12H12BrNO4S. The lowest BCUT2D eigenvalue weighted by molar-refractivity contribution is -0.158.